The van der Waals surface area contributed by atoms with E-state index in [1.54, 1.807) is 0 Å². The molecule has 4 amide bonds. The topological polar surface area (TPSA) is 101 Å². The monoisotopic (exact) mass is 580 g/mol. The molecule has 2 aromatic carbocycles. The molecule has 0 heterocycles. The zero-order chi connectivity index (χ0) is 30.4. The lowest BCUT2D eigenvalue weighted by Gasteiger charge is -2.46. The first-order valence-corrected chi connectivity index (χ1v) is 15.6. The van der Waals surface area contributed by atoms with Gasteiger partial charge in [0.2, 0.25) is 0 Å². The minimum Gasteiger partial charge on any atom is -0.493 e. The fraction of sp³-hybridized carbons (Fsp3) is 0.588. The zero-order valence-electron chi connectivity index (χ0n) is 26.3. The molecule has 1 aliphatic rings. The number of ether oxygens (including phenoxy) is 2. The van der Waals surface area contributed by atoms with Crippen LogP contribution in [0.25, 0.3) is 0 Å². The lowest BCUT2D eigenvalue weighted by Crippen LogP contribution is -2.52. The number of rotatable bonds is 15. The van der Waals surface area contributed by atoms with E-state index in [1.165, 1.54) is 0 Å². The van der Waals surface area contributed by atoms with Gasteiger partial charge < -0.3 is 30.7 Å². The number of amides is 4. The van der Waals surface area contributed by atoms with Gasteiger partial charge in [0, 0.05) is 36.8 Å². The van der Waals surface area contributed by atoms with Gasteiger partial charge in [0.1, 0.15) is 11.5 Å². The Hall–Kier alpha value is -3.42. The quantitative estimate of drug-likeness (QED) is 0.172. The number of para-hydroxylation sites is 2. The van der Waals surface area contributed by atoms with Crippen molar-refractivity contribution in [2.24, 2.45) is 10.8 Å². The third-order valence-corrected chi connectivity index (χ3v) is 7.79. The Morgan fingerprint density at radius 1 is 0.762 bits per heavy atom. The molecule has 2 aromatic rings. The molecule has 8 nitrogen and oxygen atoms in total. The van der Waals surface area contributed by atoms with Crippen LogP contribution in [-0.4, -0.2) is 37.9 Å². The van der Waals surface area contributed by atoms with E-state index in [1.807, 2.05) is 48.5 Å². The second kappa shape index (κ2) is 16.3. The van der Waals surface area contributed by atoms with Crippen molar-refractivity contribution >= 4 is 12.1 Å². The third kappa shape index (κ3) is 11.1. The lowest BCUT2D eigenvalue weighted by atomic mass is 9.62. The molecule has 0 radical (unpaired) electrons. The number of benzene rings is 2. The smallest absolute Gasteiger partial charge is 0.315 e. The first kappa shape index (κ1) is 33.1. The van der Waals surface area contributed by atoms with E-state index in [0.717, 1.165) is 67.6 Å². The SMILES string of the molecule is CCCCOc1ccccc1CNC(=O)NC[C@]1(C)C[C@@H](NC(=O)NCc2ccccc2OCCCC)CC(C)(C)C1. The maximum absolute atomic E-state index is 12.9. The molecule has 0 saturated heterocycles. The van der Waals surface area contributed by atoms with Crippen LogP contribution in [0, 0.1) is 10.8 Å². The normalized spacial score (nSPS) is 19.4. The van der Waals surface area contributed by atoms with E-state index >= 15 is 0 Å². The van der Waals surface area contributed by atoms with Crippen LogP contribution in [0.4, 0.5) is 9.59 Å². The van der Waals surface area contributed by atoms with Crippen molar-refractivity contribution in [3.63, 3.8) is 0 Å². The first-order chi connectivity index (χ1) is 20.1. The average molecular weight is 581 g/mol. The molecule has 1 saturated carbocycles. The van der Waals surface area contributed by atoms with Gasteiger partial charge >= 0.3 is 12.1 Å². The summed E-state index contributed by atoms with van der Waals surface area (Å²) in [4.78, 5) is 25.7. The molecule has 2 atom stereocenters. The summed E-state index contributed by atoms with van der Waals surface area (Å²) in [6.45, 7) is 13.6. The molecule has 0 aromatic heterocycles. The summed E-state index contributed by atoms with van der Waals surface area (Å²) in [7, 11) is 0. The molecule has 4 N–H and O–H groups in total. The van der Waals surface area contributed by atoms with Gasteiger partial charge in [0.05, 0.1) is 13.2 Å². The van der Waals surface area contributed by atoms with Crippen LogP contribution in [0.3, 0.4) is 0 Å². The highest BCUT2D eigenvalue weighted by atomic mass is 16.5. The summed E-state index contributed by atoms with van der Waals surface area (Å²) >= 11 is 0. The molecule has 0 aliphatic heterocycles. The lowest BCUT2D eigenvalue weighted by molar-refractivity contribution is 0.0749. The predicted molar refractivity (Wildman–Crippen MR) is 169 cm³/mol. The van der Waals surface area contributed by atoms with Gasteiger partial charge in [-0.1, -0.05) is 83.9 Å². The molecule has 0 spiro atoms. The largest absolute Gasteiger partial charge is 0.493 e. The summed E-state index contributed by atoms with van der Waals surface area (Å²) in [6, 6.07) is 15.3. The maximum Gasteiger partial charge on any atom is 0.315 e. The minimum absolute atomic E-state index is 0.00630. The van der Waals surface area contributed by atoms with Gasteiger partial charge in [0.25, 0.3) is 0 Å². The number of carbonyl (C=O) groups is 2. The van der Waals surface area contributed by atoms with E-state index in [9.17, 15) is 9.59 Å². The molecule has 232 valence electrons. The number of hydrogen-bond acceptors (Lipinski definition) is 4. The highest BCUT2D eigenvalue weighted by Crippen LogP contribution is 2.45. The van der Waals surface area contributed by atoms with Gasteiger partial charge in [-0.15, -0.1) is 0 Å². The van der Waals surface area contributed by atoms with Crippen LogP contribution >= 0.6 is 0 Å². The molecule has 0 bridgehead atoms. The summed E-state index contributed by atoms with van der Waals surface area (Å²) in [6.07, 6.45) is 6.76. The van der Waals surface area contributed by atoms with Crippen LogP contribution in [-0.2, 0) is 13.1 Å². The molecule has 0 unspecified atom stereocenters. The van der Waals surface area contributed by atoms with E-state index < -0.39 is 0 Å². The highest BCUT2D eigenvalue weighted by molar-refractivity contribution is 5.74. The Labute approximate surface area is 252 Å². The number of hydrogen-bond donors (Lipinski definition) is 4. The molecule has 3 rings (SSSR count). The maximum atomic E-state index is 12.9. The Morgan fingerprint density at radius 2 is 1.29 bits per heavy atom. The van der Waals surface area contributed by atoms with Gasteiger partial charge in [-0.3, -0.25) is 0 Å². The van der Waals surface area contributed by atoms with Crippen molar-refractivity contribution < 1.29 is 19.1 Å². The molecule has 42 heavy (non-hydrogen) atoms. The standard InChI is InChI=1S/C34H52N4O4/c1-6-8-18-41-29-16-12-10-14-26(29)22-35-31(39)37-25-34(5)21-28(20-33(3,4)24-34)38-32(40)36-23-27-15-11-13-17-30(27)42-19-9-7-2/h10-17,28H,6-9,18-25H2,1-5H3,(H2,35,37,39)(H2,36,38,40)/t28-,34+/m0/s1. The molecular weight excluding hydrogens is 528 g/mol. The van der Waals surface area contributed by atoms with Crippen LogP contribution in [0.15, 0.2) is 48.5 Å². The summed E-state index contributed by atoms with van der Waals surface area (Å²) in [5, 5.41) is 12.3. The van der Waals surface area contributed by atoms with Crippen molar-refractivity contribution in [1.29, 1.82) is 0 Å². The molecular formula is C34H52N4O4. The molecule has 1 fully saturated rings. The van der Waals surface area contributed by atoms with Crippen molar-refractivity contribution in [2.45, 2.75) is 98.7 Å². The zero-order valence-corrected chi connectivity index (χ0v) is 26.3. The number of urea groups is 2. The van der Waals surface area contributed by atoms with Gasteiger partial charge in [0.15, 0.2) is 0 Å². The Morgan fingerprint density at radius 3 is 1.83 bits per heavy atom. The van der Waals surface area contributed by atoms with Gasteiger partial charge in [-0.25, -0.2) is 9.59 Å². The van der Waals surface area contributed by atoms with Crippen LogP contribution in [0.1, 0.15) is 90.7 Å². The highest BCUT2D eigenvalue weighted by Gasteiger charge is 2.41. The number of nitrogens with one attached hydrogen (secondary N) is 4. The van der Waals surface area contributed by atoms with Crippen LogP contribution in [0.5, 0.6) is 11.5 Å². The van der Waals surface area contributed by atoms with E-state index in [-0.39, 0.29) is 28.9 Å². The van der Waals surface area contributed by atoms with Crippen LogP contribution < -0.4 is 30.7 Å². The molecule has 1 aliphatic carbocycles. The fourth-order valence-electron chi connectivity index (χ4n) is 6.05. The first-order valence-electron chi connectivity index (χ1n) is 15.6. The van der Waals surface area contributed by atoms with E-state index in [0.29, 0.717) is 32.8 Å². The molecule has 8 heteroatoms. The Kier molecular flexibility index (Phi) is 12.8. The third-order valence-electron chi connectivity index (χ3n) is 7.79. The fourth-order valence-corrected chi connectivity index (χ4v) is 6.05. The van der Waals surface area contributed by atoms with E-state index in [4.69, 9.17) is 9.47 Å². The van der Waals surface area contributed by atoms with Crippen LogP contribution in [0.2, 0.25) is 0 Å². The van der Waals surface area contributed by atoms with E-state index in [2.05, 4.69) is 55.9 Å². The minimum atomic E-state index is -0.204. The van der Waals surface area contributed by atoms with Gasteiger partial charge in [-0.05, 0) is 55.1 Å². The summed E-state index contributed by atoms with van der Waals surface area (Å²) < 4.78 is 11.8. The number of carbonyl (C=O) groups excluding carboxylic acids is 2. The predicted octanol–water partition coefficient (Wildman–Crippen LogP) is 6.93. The number of unbranched alkanes of at least 4 members (excludes halogenated alkanes) is 2. The second-order valence-electron chi connectivity index (χ2n) is 12.7. The van der Waals surface area contributed by atoms with Crippen molar-refractivity contribution in [2.75, 3.05) is 19.8 Å². The van der Waals surface area contributed by atoms with Crippen molar-refractivity contribution in [1.82, 2.24) is 21.3 Å². The van der Waals surface area contributed by atoms with Gasteiger partial charge in [-0.2, -0.15) is 0 Å². The summed E-state index contributed by atoms with van der Waals surface area (Å²) in [5.41, 5.74) is 1.79. The second-order valence-corrected chi connectivity index (χ2v) is 12.7. The average Bonchev–Trinajstić information content (AvgIpc) is 2.94. The Balaban J connectivity index is 1.49. The van der Waals surface area contributed by atoms with Crippen molar-refractivity contribution in [3.8, 4) is 11.5 Å². The van der Waals surface area contributed by atoms with Crippen molar-refractivity contribution in [3.05, 3.63) is 59.7 Å². The summed E-state index contributed by atoms with van der Waals surface area (Å²) in [5.74, 6) is 1.63. The Bertz CT molecular complexity index is 1140.